The Kier molecular flexibility index (Phi) is 3.51. The molecule has 0 spiro atoms. The quantitative estimate of drug-likeness (QED) is 0.820. The lowest BCUT2D eigenvalue weighted by Gasteiger charge is -2.03. The fourth-order valence-corrected chi connectivity index (χ4v) is 1.61. The van der Waals surface area contributed by atoms with Crippen molar-refractivity contribution in [2.45, 2.75) is 26.2 Å². The molecular formula is C11H13ClN4. The second kappa shape index (κ2) is 5.07. The summed E-state index contributed by atoms with van der Waals surface area (Å²) in [6.45, 7) is 2.15. The first-order chi connectivity index (χ1) is 7.81. The zero-order chi connectivity index (χ0) is 11.4. The third kappa shape index (κ3) is 2.39. The van der Waals surface area contributed by atoms with Gasteiger partial charge in [0.05, 0.1) is 5.69 Å². The van der Waals surface area contributed by atoms with Gasteiger partial charge in [-0.2, -0.15) is 4.68 Å². The Morgan fingerprint density at radius 3 is 2.69 bits per heavy atom. The van der Waals surface area contributed by atoms with E-state index in [0.29, 0.717) is 5.02 Å². The number of rotatable bonds is 4. The highest BCUT2D eigenvalue weighted by atomic mass is 35.5. The minimum Gasteiger partial charge on any atom is -0.197 e. The van der Waals surface area contributed by atoms with E-state index in [2.05, 4.69) is 22.4 Å². The molecule has 0 N–H and O–H groups in total. The minimum atomic E-state index is 0.715. The SMILES string of the molecule is CCCCc1nnnn1-c1ccc(Cl)cc1. The van der Waals surface area contributed by atoms with Crippen molar-refractivity contribution >= 4 is 11.6 Å². The van der Waals surface area contributed by atoms with E-state index in [1.807, 2.05) is 24.3 Å². The van der Waals surface area contributed by atoms with E-state index in [1.165, 1.54) is 0 Å². The topological polar surface area (TPSA) is 43.6 Å². The molecule has 0 saturated carbocycles. The molecule has 0 aliphatic carbocycles. The maximum absolute atomic E-state index is 5.84. The lowest BCUT2D eigenvalue weighted by molar-refractivity contribution is 0.711. The molecule has 84 valence electrons. The van der Waals surface area contributed by atoms with Gasteiger partial charge in [0, 0.05) is 11.4 Å². The summed E-state index contributed by atoms with van der Waals surface area (Å²) in [6, 6.07) is 7.49. The molecule has 0 atom stereocenters. The number of benzene rings is 1. The fraction of sp³-hybridized carbons (Fsp3) is 0.364. The number of halogens is 1. The Morgan fingerprint density at radius 2 is 2.00 bits per heavy atom. The van der Waals surface area contributed by atoms with Gasteiger partial charge in [0.25, 0.3) is 0 Å². The molecule has 2 aromatic rings. The zero-order valence-corrected chi connectivity index (χ0v) is 9.85. The number of hydrogen-bond donors (Lipinski definition) is 0. The smallest absolute Gasteiger partial charge is 0.156 e. The Bertz CT molecular complexity index is 449. The number of hydrogen-bond acceptors (Lipinski definition) is 3. The molecule has 0 unspecified atom stereocenters. The predicted octanol–water partition coefficient (Wildman–Crippen LogP) is 2.66. The van der Waals surface area contributed by atoms with Crippen LogP contribution in [0.1, 0.15) is 25.6 Å². The van der Waals surface area contributed by atoms with Gasteiger partial charge in [0.2, 0.25) is 0 Å². The largest absolute Gasteiger partial charge is 0.197 e. The Hall–Kier alpha value is -1.42. The summed E-state index contributed by atoms with van der Waals surface area (Å²) in [4.78, 5) is 0. The molecule has 4 nitrogen and oxygen atoms in total. The molecule has 2 rings (SSSR count). The van der Waals surface area contributed by atoms with Crippen molar-refractivity contribution in [3.63, 3.8) is 0 Å². The summed E-state index contributed by atoms with van der Waals surface area (Å²) in [7, 11) is 0. The number of aryl methyl sites for hydroxylation is 1. The molecule has 1 aromatic heterocycles. The molecule has 1 aromatic carbocycles. The van der Waals surface area contributed by atoms with E-state index >= 15 is 0 Å². The van der Waals surface area contributed by atoms with E-state index in [4.69, 9.17) is 11.6 Å². The van der Waals surface area contributed by atoms with Gasteiger partial charge in [0.15, 0.2) is 5.82 Å². The highest BCUT2D eigenvalue weighted by Crippen LogP contribution is 2.14. The van der Waals surface area contributed by atoms with Crippen LogP contribution in [-0.2, 0) is 6.42 Å². The third-order valence-corrected chi connectivity index (χ3v) is 2.61. The maximum Gasteiger partial charge on any atom is 0.156 e. The summed E-state index contributed by atoms with van der Waals surface area (Å²) < 4.78 is 1.76. The average molecular weight is 237 g/mol. The van der Waals surface area contributed by atoms with Crippen molar-refractivity contribution in [3.8, 4) is 5.69 Å². The van der Waals surface area contributed by atoms with Gasteiger partial charge < -0.3 is 0 Å². The summed E-state index contributed by atoms with van der Waals surface area (Å²) in [6.07, 6.45) is 3.12. The first kappa shape index (κ1) is 11.1. The van der Waals surface area contributed by atoms with Gasteiger partial charge in [-0.05, 0) is 41.1 Å². The second-order valence-electron chi connectivity index (χ2n) is 3.59. The number of aromatic nitrogens is 4. The van der Waals surface area contributed by atoms with Crippen LogP contribution in [0.4, 0.5) is 0 Å². The van der Waals surface area contributed by atoms with E-state index < -0.39 is 0 Å². The Balaban J connectivity index is 2.26. The Morgan fingerprint density at radius 1 is 1.25 bits per heavy atom. The number of tetrazole rings is 1. The van der Waals surface area contributed by atoms with Crippen molar-refractivity contribution in [3.05, 3.63) is 35.1 Å². The summed E-state index contributed by atoms with van der Waals surface area (Å²) in [5.41, 5.74) is 0.945. The molecule has 5 heteroatoms. The molecule has 0 fully saturated rings. The molecule has 16 heavy (non-hydrogen) atoms. The molecule has 0 radical (unpaired) electrons. The van der Waals surface area contributed by atoms with Crippen molar-refractivity contribution < 1.29 is 0 Å². The minimum absolute atomic E-state index is 0.715. The standard InChI is InChI=1S/C11H13ClN4/c1-2-3-4-11-13-14-15-16(11)10-7-5-9(12)6-8-10/h5-8H,2-4H2,1H3. The summed E-state index contributed by atoms with van der Waals surface area (Å²) in [5.74, 6) is 0.893. The van der Waals surface area contributed by atoms with Crippen molar-refractivity contribution in [2.24, 2.45) is 0 Å². The molecule has 0 aliphatic rings. The van der Waals surface area contributed by atoms with Crippen LogP contribution in [0.5, 0.6) is 0 Å². The normalized spacial score (nSPS) is 10.6. The summed E-state index contributed by atoms with van der Waals surface area (Å²) in [5, 5.41) is 12.4. The highest BCUT2D eigenvalue weighted by molar-refractivity contribution is 6.30. The monoisotopic (exact) mass is 236 g/mol. The predicted molar refractivity (Wildman–Crippen MR) is 62.8 cm³/mol. The van der Waals surface area contributed by atoms with Crippen LogP contribution in [-0.4, -0.2) is 20.2 Å². The van der Waals surface area contributed by atoms with Gasteiger partial charge in [-0.25, -0.2) is 0 Å². The van der Waals surface area contributed by atoms with Crippen LogP contribution in [0.2, 0.25) is 5.02 Å². The van der Waals surface area contributed by atoms with Crippen LogP contribution in [0.25, 0.3) is 5.69 Å². The van der Waals surface area contributed by atoms with Gasteiger partial charge in [-0.3, -0.25) is 0 Å². The van der Waals surface area contributed by atoms with E-state index in [0.717, 1.165) is 30.8 Å². The maximum atomic E-state index is 5.84. The average Bonchev–Trinajstić information content (AvgIpc) is 2.75. The number of unbranched alkanes of at least 4 members (excludes halogenated alkanes) is 1. The van der Waals surface area contributed by atoms with E-state index in [-0.39, 0.29) is 0 Å². The highest BCUT2D eigenvalue weighted by Gasteiger charge is 2.06. The van der Waals surface area contributed by atoms with Crippen LogP contribution in [0, 0.1) is 0 Å². The van der Waals surface area contributed by atoms with Crippen molar-refractivity contribution in [2.75, 3.05) is 0 Å². The first-order valence-corrected chi connectivity index (χ1v) is 5.72. The Labute approximate surface area is 99.2 Å². The van der Waals surface area contributed by atoms with Crippen LogP contribution in [0.15, 0.2) is 24.3 Å². The van der Waals surface area contributed by atoms with Gasteiger partial charge in [-0.1, -0.05) is 24.9 Å². The fourth-order valence-electron chi connectivity index (χ4n) is 1.48. The van der Waals surface area contributed by atoms with E-state index in [9.17, 15) is 0 Å². The molecule has 0 aliphatic heterocycles. The molecular weight excluding hydrogens is 224 g/mol. The zero-order valence-electron chi connectivity index (χ0n) is 9.10. The first-order valence-electron chi connectivity index (χ1n) is 5.34. The van der Waals surface area contributed by atoms with Crippen LogP contribution in [0.3, 0.4) is 0 Å². The number of nitrogens with zero attached hydrogens (tertiary/aromatic N) is 4. The lowest BCUT2D eigenvalue weighted by atomic mass is 10.2. The molecule has 0 bridgehead atoms. The third-order valence-electron chi connectivity index (χ3n) is 2.36. The van der Waals surface area contributed by atoms with E-state index in [1.54, 1.807) is 4.68 Å². The van der Waals surface area contributed by atoms with Gasteiger partial charge in [0.1, 0.15) is 0 Å². The van der Waals surface area contributed by atoms with Gasteiger partial charge in [-0.15, -0.1) is 5.10 Å². The summed E-state index contributed by atoms with van der Waals surface area (Å²) >= 11 is 5.84. The lowest BCUT2D eigenvalue weighted by Crippen LogP contribution is -2.03. The van der Waals surface area contributed by atoms with Crippen molar-refractivity contribution in [1.29, 1.82) is 0 Å². The molecule has 0 amide bonds. The molecule has 0 saturated heterocycles. The van der Waals surface area contributed by atoms with Gasteiger partial charge >= 0.3 is 0 Å². The van der Waals surface area contributed by atoms with Crippen LogP contribution >= 0.6 is 11.6 Å². The van der Waals surface area contributed by atoms with Crippen LogP contribution < -0.4 is 0 Å². The second-order valence-corrected chi connectivity index (χ2v) is 4.02. The van der Waals surface area contributed by atoms with Crippen molar-refractivity contribution in [1.82, 2.24) is 20.2 Å². The molecule has 1 heterocycles.